The zero-order valence-electron chi connectivity index (χ0n) is 8.59. The van der Waals surface area contributed by atoms with Crippen LogP contribution >= 0.6 is 0 Å². The molecule has 0 fully saturated rings. The Balaban J connectivity index is 2.63. The van der Waals surface area contributed by atoms with Gasteiger partial charge in [0.05, 0.1) is 5.69 Å². The average molecular weight is 211 g/mol. The highest BCUT2D eigenvalue weighted by atomic mass is 19.1. The fourth-order valence-electron chi connectivity index (χ4n) is 1.16. The van der Waals surface area contributed by atoms with E-state index in [0.717, 1.165) is 25.0 Å². The maximum atomic E-state index is 12.8. The molecular weight excluding hydrogens is 197 g/mol. The molecule has 3 nitrogen and oxygen atoms in total. The molecule has 82 valence electrons. The van der Waals surface area contributed by atoms with Gasteiger partial charge in [-0.3, -0.25) is 4.79 Å². The van der Waals surface area contributed by atoms with Gasteiger partial charge in [-0.15, -0.1) is 0 Å². The number of benzene rings is 1. The van der Waals surface area contributed by atoms with Crippen LogP contribution in [-0.2, 0) is 4.79 Å². The molecule has 0 aliphatic rings. The van der Waals surface area contributed by atoms with E-state index in [1.807, 2.05) is 6.92 Å². The number of anilines is 1. The molecule has 1 rings (SSSR count). The van der Waals surface area contributed by atoms with Crippen LogP contribution in [0.1, 0.15) is 26.2 Å². The van der Waals surface area contributed by atoms with E-state index in [9.17, 15) is 14.3 Å². The third kappa shape index (κ3) is 3.58. The van der Waals surface area contributed by atoms with Gasteiger partial charge >= 0.3 is 0 Å². The molecule has 0 spiro atoms. The molecule has 0 bridgehead atoms. The van der Waals surface area contributed by atoms with Crippen molar-refractivity contribution in [1.82, 2.24) is 0 Å². The molecule has 0 aliphatic carbocycles. The highest BCUT2D eigenvalue weighted by Crippen LogP contribution is 2.23. The molecular formula is C11H14FNO2. The Hall–Kier alpha value is -1.58. The Morgan fingerprint density at radius 2 is 2.27 bits per heavy atom. The lowest BCUT2D eigenvalue weighted by Gasteiger charge is -2.06. The second-order valence-electron chi connectivity index (χ2n) is 3.31. The van der Waals surface area contributed by atoms with E-state index in [-0.39, 0.29) is 17.3 Å². The van der Waals surface area contributed by atoms with Crippen molar-refractivity contribution >= 4 is 11.6 Å². The molecule has 4 heteroatoms. The first-order valence-electron chi connectivity index (χ1n) is 4.92. The molecule has 0 aliphatic heterocycles. The number of carbonyl (C=O) groups excluding carboxylic acids is 1. The predicted octanol–water partition coefficient (Wildman–Crippen LogP) is 2.66. The SMILES string of the molecule is CCCCC(=O)Nc1cc(F)ccc1O. The number of amides is 1. The molecule has 1 amide bonds. The Morgan fingerprint density at radius 1 is 1.53 bits per heavy atom. The van der Waals surface area contributed by atoms with E-state index < -0.39 is 5.82 Å². The first-order valence-corrected chi connectivity index (χ1v) is 4.92. The summed E-state index contributed by atoms with van der Waals surface area (Å²) in [4.78, 5) is 11.3. The van der Waals surface area contributed by atoms with Gasteiger partial charge in [0.15, 0.2) is 0 Å². The second-order valence-corrected chi connectivity index (χ2v) is 3.31. The van der Waals surface area contributed by atoms with Crippen LogP contribution in [0.4, 0.5) is 10.1 Å². The maximum Gasteiger partial charge on any atom is 0.224 e. The Labute approximate surface area is 87.9 Å². The fourth-order valence-corrected chi connectivity index (χ4v) is 1.16. The molecule has 0 aromatic heterocycles. The molecule has 0 saturated carbocycles. The van der Waals surface area contributed by atoms with E-state index in [0.29, 0.717) is 6.42 Å². The van der Waals surface area contributed by atoms with Gasteiger partial charge in [-0.25, -0.2) is 4.39 Å². The maximum absolute atomic E-state index is 12.8. The number of rotatable bonds is 4. The van der Waals surface area contributed by atoms with Crippen molar-refractivity contribution in [2.75, 3.05) is 5.32 Å². The van der Waals surface area contributed by atoms with Gasteiger partial charge in [-0.1, -0.05) is 13.3 Å². The minimum absolute atomic E-state index is 0.121. The summed E-state index contributed by atoms with van der Waals surface area (Å²) < 4.78 is 12.8. The third-order valence-corrected chi connectivity index (χ3v) is 1.99. The van der Waals surface area contributed by atoms with E-state index in [1.165, 1.54) is 6.07 Å². The zero-order valence-corrected chi connectivity index (χ0v) is 8.59. The number of phenols is 1. The number of hydrogen-bond donors (Lipinski definition) is 2. The van der Waals surface area contributed by atoms with Crippen molar-refractivity contribution in [3.05, 3.63) is 24.0 Å². The van der Waals surface area contributed by atoms with Gasteiger partial charge in [0, 0.05) is 12.5 Å². The minimum atomic E-state index is -0.487. The zero-order chi connectivity index (χ0) is 11.3. The molecule has 15 heavy (non-hydrogen) atoms. The molecule has 0 radical (unpaired) electrons. The number of unbranched alkanes of at least 4 members (excludes halogenated alkanes) is 1. The monoisotopic (exact) mass is 211 g/mol. The normalized spacial score (nSPS) is 10.0. The van der Waals surface area contributed by atoms with Crippen LogP contribution < -0.4 is 5.32 Å². The first kappa shape index (κ1) is 11.5. The van der Waals surface area contributed by atoms with Crippen LogP contribution in [-0.4, -0.2) is 11.0 Å². The summed E-state index contributed by atoms with van der Waals surface area (Å²) in [6.45, 7) is 1.98. The number of aromatic hydroxyl groups is 1. The Morgan fingerprint density at radius 3 is 2.93 bits per heavy atom. The number of halogens is 1. The number of phenolic OH excluding ortho intramolecular Hbond substituents is 1. The van der Waals surface area contributed by atoms with Crippen LogP contribution in [0.5, 0.6) is 5.75 Å². The molecule has 1 aromatic carbocycles. The van der Waals surface area contributed by atoms with Crippen LogP contribution in [0.25, 0.3) is 0 Å². The summed E-state index contributed by atoms with van der Waals surface area (Å²) in [6, 6.07) is 3.45. The van der Waals surface area contributed by atoms with Gasteiger partial charge in [-0.05, 0) is 18.6 Å². The lowest BCUT2D eigenvalue weighted by Crippen LogP contribution is -2.11. The molecule has 1 aromatic rings. The lowest BCUT2D eigenvalue weighted by atomic mass is 10.2. The Bertz CT molecular complexity index is 352. The van der Waals surface area contributed by atoms with Gasteiger partial charge in [0.25, 0.3) is 0 Å². The Kier molecular flexibility index (Phi) is 4.09. The summed E-state index contributed by atoms with van der Waals surface area (Å²) in [6.07, 6.45) is 2.08. The molecule has 2 N–H and O–H groups in total. The summed E-state index contributed by atoms with van der Waals surface area (Å²) in [5.74, 6) is -0.822. The van der Waals surface area contributed by atoms with Gasteiger partial charge < -0.3 is 10.4 Å². The van der Waals surface area contributed by atoms with Crippen LogP contribution in [0.3, 0.4) is 0 Å². The van der Waals surface area contributed by atoms with Crippen molar-refractivity contribution < 1.29 is 14.3 Å². The van der Waals surface area contributed by atoms with Crippen LogP contribution in [0, 0.1) is 5.82 Å². The fraction of sp³-hybridized carbons (Fsp3) is 0.364. The van der Waals surface area contributed by atoms with E-state index >= 15 is 0 Å². The quantitative estimate of drug-likeness (QED) is 0.752. The van der Waals surface area contributed by atoms with Crippen molar-refractivity contribution in [1.29, 1.82) is 0 Å². The van der Waals surface area contributed by atoms with Crippen molar-refractivity contribution in [2.45, 2.75) is 26.2 Å². The van der Waals surface area contributed by atoms with Crippen molar-refractivity contribution in [2.24, 2.45) is 0 Å². The number of carbonyl (C=O) groups is 1. The van der Waals surface area contributed by atoms with Crippen molar-refractivity contribution in [3.8, 4) is 5.75 Å². The summed E-state index contributed by atoms with van der Waals surface area (Å²) in [7, 11) is 0. The highest BCUT2D eigenvalue weighted by molar-refractivity contribution is 5.92. The van der Waals surface area contributed by atoms with Gasteiger partial charge in [0.2, 0.25) is 5.91 Å². The summed E-state index contributed by atoms with van der Waals surface area (Å²) >= 11 is 0. The molecule has 0 unspecified atom stereocenters. The van der Waals surface area contributed by atoms with Crippen LogP contribution in [0.15, 0.2) is 18.2 Å². The summed E-state index contributed by atoms with van der Waals surface area (Å²) in [5, 5.41) is 11.8. The predicted molar refractivity (Wildman–Crippen MR) is 56.2 cm³/mol. The first-order chi connectivity index (χ1) is 7.13. The molecule has 0 heterocycles. The van der Waals surface area contributed by atoms with E-state index in [2.05, 4.69) is 5.32 Å². The topological polar surface area (TPSA) is 49.3 Å². The lowest BCUT2D eigenvalue weighted by molar-refractivity contribution is -0.116. The minimum Gasteiger partial charge on any atom is -0.506 e. The smallest absolute Gasteiger partial charge is 0.224 e. The number of hydrogen-bond acceptors (Lipinski definition) is 2. The van der Waals surface area contributed by atoms with Gasteiger partial charge in [0.1, 0.15) is 11.6 Å². The van der Waals surface area contributed by atoms with E-state index in [1.54, 1.807) is 0 Å². The largest absolute Gasteiger partial charge is 0.506 e. The van der Waals surface area contributed by atoms with E-state index in [4.69, 9.17) is 0 Å². The highest BCUT2D eigenvalue weighted by Gasteiger charge is 2.06. The van der Waals surface area contributed by atoms with Crippen LogP contribution in [0.2, 0.25) is 0 Å². The average Bonchev–Trinajstić information content (AvgIpc) is 2.20. The second kappa shape index (κ2) is 5.34. The summed E-state index contributed by atoms with van der Waals surface area (Å²) in [5.41, 5.74) is 0.121. The standard InChI is InChI=1S/C11H14FNO2/c1-2-3-4-11(15)13-9-7-8(12)5-6-10(9)14/h5-7,14H,2-4H2,1H3,(H,13,15). The third-order valence-electron chi connectivity index (χ3n) is 1.99. The molecule has 0 atom stereocenters. The van der Waals surface area contributed by atoms with Crippen molar-refractivity contribution in [3.63, 3.8) is 0 Å². The number of nitrogens with one attached hydrogen (secondary N) is 1. The molecule has 0 saturated heterocycles. The van der Waals surface area contributed by atoms with Gasteiger partial charge in [-0.2, -0.15) is 0 Å².